The zero-order valence-corrected chi connectivity index (χ0v) is 23.0. The van der Waals surface area contributed by atoms with Crippen molar-refractivity contribution >= 4 is 55.3 Å². The quantitative estimate of drug-likeness (QED) is 0.368. The zero-order valence-electron chi connectivity index (χ0n) is 21.4. The normalized spacial score (nSPS) is 15.8. The number of methoxy groups -OCH3 is 1. The topological polar surface area (TPSA) is 167 Å². The van der Waals surface area contributed by atoms with Gasteiger partial charge < -0.3 is 15.2 Å². The Hall–Kier alpha value is -3.40. The number of aromatic carboxylic acids is 1. The number of anilines is 2. The van der Waals surface area contributed by atoms with Crippen LogP contribution >= 0.6 is 11.3 Å². The highest BCUT2D eigenvalue weighted by Gasteiger charge is 2.32. The van der Waals surface area contributed by atoms with Crippen LogP contribution in [-0.4, -0.2) is 95.6 Å². The predicted molar refractivity (Wildman–Crippen MR) is 142 cm³/mol. The lowest BCUT2D eigenvalue weighted by Gasteiger charge is -2.35. The molecule has 0 radical (unpaired) electrons. The average Bonchev–Trinajstić information content (AvgIpc) is 3.24. The van der Waals surface area contributed by atoms with E-state index >= 15 is 0 Å². The van der Waals surface area contributed by atoms with Crippen LogP contribution in [0.4, 0.5) is 15.7 Å². The van der Waals surface area contributed by atoms with E-state index in [4.69, 9.17) is 0 Å². The van der Waals surface area contributed by atoms with Crippen LogP contribution in [0.25, 0.3) is 10.9 Å². The van der Waals surface area contributed by atoms with Crippen molar-refractivity contribution in [2.45, 2.75) is 31.0 Å². The molecule has 3 aromatic rings. The first kappa shape index (κ1) is 27.6. The monoisotopic (exact) mass is 563 g/mol. The Morgan fingerprint density at radius 1 is 1.16 bits per heavy atom. The molecular formula is C23H29N7O6S2. The summed E-state index contributed by atoms with van der Waals surface area (Å²) >= 11 is 0.896. The van der Waals surface area contributed by atoms with Crippen molar-refractivity contribution in [1.82, 2.24) is 24.2 Å². The number of aryl methyl sites for hydroxylation is 2. The van der Waals surface area contributed by atoms with E-state index in [1.54, 1.807) is 26.0 Å². The number of piperazine rings is 1. The first-order valence-corrected chi connectivity index (χ1v) is 14.1. The van der Waals surface area contributed by atoms with Crippen molar-refractivity contribution < 1.29 is 27.9 Å². The summed E-state index contributed by atoms with van der Waals surface area (Å²) in [5.41, 5.74) is 0.815. The predicted octanol–water partition coefficient (Wildman–Crippen LogP) is 2.39. The first-order valence-electron chi connectivity index (χ1n) is 11.8. The number of fused-ring (bicyclic) bond motifs is 1. The highest BCUT2D eigenvalue weighted by molar-refractivity contribution is 7.91. The fraction of sp³-hybridized carbons (Fsp3) is 0.435. The van der Waals surface area contributed by atoms with Gasteiger partial charge in [0.15, 0.2) is 9.34 Å². The van der Waals surface area contributed by atoms with Gasteiger partial charge in [-0.3, -0.25) is 10.2 Å². The number of carboxylic acids is 1. The van der Waals surface area contributed by atoms with Gasteiger partial charge in [-0.15, -0.1) is 0 Å². The third kappa shape index (κ3) is 5.85. The summed E-state index contributed by atoms with van der Waals surface area (Å²) in [6.45, 7) is 7.60. The SMILES string of the molecule is COC(=O)Nc1nc(C)c(S(=O)(=O)N2CCN(C[C@H](C)Nc3nc(C)nc4c(C(=O)O)cccc34)CC2)s1. The van der Waals surface area contributed by atoms with Crippen molar-refractivity contribution in [2.75, 3.05) is 50.5 Å². The lowest BCUT2D eigenvalue weighted by atomic mass is 10.1. The number of hydrogen-bond donors (Lipinski definition) is 3. The first-order chi connectivity index (χ1) is 18.0. The Morgan fingerprint density at radius 3 is 2.53 bits per heavy atom. The summed E-state index contributed by atoms with van der Waals surface area (Å²) in [5.74, 6) is -0.0330. The van der Waals surface area contributed by atoms with Gasteiger partial charge in [-0.25, -0.2) is 33.0 Å². The lowest BCUT2D eigenvalue weighted by molar-refractivity contribution is 0.0698. The number of carbonyl (C=O) groups excluding carboxylic acids is 1. The number of carbonyl (C=O) groups is 2. The third-order valence-electron chi connectivity index (χ3n) is 6.04. The molecule has 13 nitrogen and oxygen atoms in total. The molecule has 1 fully saturated rings. The van der Waals surface area contributed by atoms with Crippen LogP contribution in [0.1, 0.15) is 28.8 Å². The minimum atomic E-state index is -3.77. The Labute approximate surface area is 223 Å². The van der Waals surface area contributed by atoms with E-state index in [1.807, 2.05) is 6.92 Å². The van der Waals surface area contributed by atoms with Crippen LogP contribution in [0.15, 0.2) is 22.4 Å². The number of nitrogens with zero attached hydrogens (tertiary/aromatic N) is 5. The Morgan fingerprint density at radius 2 is 1.87 bits per heavy atom. The molecule has 1 aliphatic heterocycles. The van der Waals surface area contributed by atoms with Crippen molar-refractivity contribution in [1.29, 1.82) is 0 Å². The molecule has 1 aromatic carbocycles. The van der Waals surface area contributed by atoms with E-state index in [0.717, 1.165) is 11.3 Å². The molecule has 204 valence electrons. The maximum absolute atomic E-state index is 13.2. The summed E-state index contributed by atoms with van der Waals surface area (Å²) in [4.78, 5) is 38.2. The van der Waals surface area contributed by atoms with Gasteiger partial charge in [-0.2, -0.15) is 4.31 Å². The fourth-order valence-electron chi connectivity index (χ4n) is 4.30. The van der Waals surface area contributed by atoms with E-state index in [-0.39, 0.29) is 20.9 Å². The molecule has 0 bridgehead atoms. The van der Waals surface area contributed by atoms with Crippen LogP contribution in [0, 0.1) is 13.8 Å². The Balaban J connectivity index is 1.40. The summed E-state index contributed by atoms with van der Waals surface area (Å²) in [6, 6.07) is 4.91. The number of hydrogen-bond acceptors (Lipinski definition) is 11. The molecule has 0 spiro atoms. The molecule has 1 aliphatic rings. The number of thiazole rings is 1. The van der Waals surface area contributed by atoms with Crippen molar-refractivity contribution in [3.8, 4) is 0 Å². The van der Waals surface area contributed by atoms with Crippen LogP contribution < -0.4 is 10.6 Å². The summed E-state index contributed by atoms with van der Waals surface area (Å²) in [5, 5.41) is 16.1. The molecule has 1 amide bonds. The Kier molecular flexibility index (Phi) is 8.10. The van der Waals surface area contributed by atoms with Gasteiger partial charge in [0.25, 0.3) is 10.0 Å². The van der Waals surface area contributed by atoms with Crippen LogP contribution in [-0.2, 0) is 14.8 Å². The van der Waals surface area contributed by atoms with E-state index < -0.39 is 22.1 Å². The smallest absolute Gasteiger partial charge is 0.413 e. The van der Waals surface area contributed by atoms with E-state index in [0.29, 0.717) is 61.0 Å². The highest BCUT2D eigenvalue weighted by atomic mass is 32.2. The van der Waals surface area contributed by atoms with Crippen molar-refractivity contribution in [3.63, 3.8) is 0 Å². The van der Waals surface area contributed by atoms with Gasteiger partial charge in [0.05, 0.1) is 23.9 Å². The summed E-state index contributed by atoms with van der Waals surface area (Å²) < 4.78 is 32.6. The van der Waals surface area contributed by atoms with Crippen molar-refractivity contribution in [2.24, 2.45) is 0 Å². The molecule has 3 heterocycles. The number of para-hydroxylation sites is 1. The molecular weight excluding hydrogens is 534 g/mol. The highest BCUT2D eigenvalue weighted by Crippen LogP contribution is 2.30. The van der Waals surface area contributed by atoms with Crippen LogP contribution in [0.3, 0.4) is 0 Å². The van der Waals surface area contributed by atoms with Crippen molar-refractivity contribution in [3.05, 3.63) is 35.3 Å². The number of nitrogens with one attached hydrogen (secondary N) is 2. The second-order valence-corrected chi connectivity index (χ2v) is 12.0. The van der Waals surface area contributed by atoms with Gasteiger partial charge in [-0.1, -0.05) is 17.4 Å². The van der Waals surface area contributed by atoms with E-state index in [2.05, 4.69) is 35.2 Å². The molecule has 15 heteroatoms. The number of ether oxygens (including phenoxy) is 1. The van der Waals surface area contributed by atoms with Gasteiger partial charge in [0, 0.05) is 44.2 Å². The molecule has 0 saturated carbocycles. The number of aromatic nitrogens is 3. The molecule has 0 aliphatic carbocycles. The lowest BCUT2D eigenvalue weighted by Crippen LogP contribution is -2.50. The number of benzene rings is 1. The minimum absolute atomic E-state index is 0.0557. The molecule has 1 saturated heterocycles. The average molecular weight is 564 g/mol. The molecule has 3 N–H and O–H groups in total. The summed E-state index contributed by atoms with van der Waals surface area (Å²) in [6.07, 6.45) is -0.716. The van der Waals surface area contributed by atoms with E-state index in [1.165, 1.54) is 17.5 Å². The largest absolute Gasteiger partial charge is 0.478 e. The number of carboxylic acid groups (broad SMARTS) is 1. The fourth-order valence-corrected chi connectivity index (χ4v) is 7.25. The maximum atomic E-state index is 13.2. The number of rotatable bonds is 8. The standard InChI is InChI=1S/C23H29N7O6S2/c1-13(24-19-16-6-5-7-17(20(31)32)18(16)26-15(3)27-19)12-29-8-10-30(11-9-29)38(34,35)21-14(2)25-22(37-21)28-23(33)36-4/h5-7,13H,8-12H2,1-4H3,(H,31,32)(H,24,26,27)(H,25,28,33)/t13-/m0/s1. The second kappa shape index (κ2) is 11.1. The summed E-state index contributed by atoms with van der Waals surface area (Å²) in [7, 11) is -2.55. The zero-order chi connectivity index (χ0) is 27.6. The van der Waals surface area contributed by atoms with Crippen LogP contribution in [0.2, 0.25) is 0 Å². The van der Waals surface area contributed by atoms with Gasteiger partial charge in [0.2, 0.25) is 0 Å². The third-order valence-corrected chi connectivity index (χ3v) is 9.60. The molecule has 2 aromatic heterocycles. The Bertz CT molecular complexity index is 1470. The molecule has 0 unspecified atom stereocenters. The molecule has 4 rings (SSSR count). The maximum Gasteiger partial charge on any atom is 0.413 e. The van der Waals surface area contributed by atoms with E-state index in [9.17, 15) is 23.1 Å². The van der Waals surface area contributed by atoms with Gasteiger partial charge in [0.1, 0.15) is 11.6 Å². The number of sulfonamides is 1. The minimum Gasteiger partial charge on any atom is -0.478 e. The second-order valence-electron chi connectivity index (χ2n) is 8.88. The van der Waals surface area contributed by atoms with Gasteiger partial charge >= 0.3 is 12.1 Å². The van der Waals surface area contributed by atoms with Crippen LogP contribution in [0.5, 0.6) is 0 Å². The molecule has 1 atom stereocenters. The van der Waals surface area contributed by atoms with Gasteiger partial charge in [-0.05, 0) is 32.9 Å². The molecule has 38 heavy (non-hydrogen) atoms. The number of amides is 1.